The number of aromatic nitrogens is 1. The highest BCUT2D eigenvalue weighted by molar-refractivity contribution is 5.42. The molecule has 0 saturated heterocycles. The van der Waals surface area contributed by atoms with E-state index < -0.39 is 0 Å². The van der Waals surface area contributed by atoms with Crippen LogP contribution in [0.1, 0.15) is 39.2 Å². The molecule has 0 saturated carbocycles. The predicted molar refractivity (Wildman–Crippen MR) is 137 cm³/mol. The van der Waals surface area contributed by atoms with Crippen molar-refractivity contribution in [2.45, 2.75) is 33.6 Å². The van der Waals surface area contributed by atoms with Crippen molar-refractivity contribution in [2.75, 3.05) is 0 Å². The van der Waals surface area contributed by atoms with Gasteiger partial charge in [-0.25, -0.2) is 0 Å². The zero-order valence-corrected chi connectivity index (χ0v) is 19.4. The van der Waals surface area contributed by atoms with Crippen molar-refractivity contribution in [3.05, 3.63) is 125 Å². The van der Waals surface area contributed by atoms with Gasteiger partial charge in [0.25, 0.3) is 0 Å². The fourth-order valence-electron chi connectivity index (χ4n) is 3.75. The number of hydrogen-bond donors (Lipinski definition) is 0. The Morgan fingerprint density at radius 2 is 1.87 bits per heavy atom. The van der Waals surface area contributed by atoms with Crippen LogP contribution in [0.4, 0.5) is 0 Å². The smallest absolute Gasteiger partial charge is 0.0337 e. The summed E-state index contributed by atoms with van der Waals surface area (Å²) in [5.41, 5.74) is 4.75. The van der Waals surface area contributed by atoms with E-state index in [2.05, 4.69) is 113 Å². The van der Waals surface area contributed by atoms with Crippen LogP contribution in [0.3, 0.4) is 0 Å². The SMILES string of the molecule is C=C1/C=C\C=C/C(C)/C(=C/C=C\C)C(C(C)c2cccc(=C)ccncc2=C)C=C1C. The summed E-state index contributed by atoms with van der Waals surface area (Å²) >= 11 is 0. The minimum Gasteiger partial charge on any atom is -0.264 e. The first-order chi connectivity index (χ1) is 14.8. The average Bonchev–Trinajstić information content (AvgIpc) is 2.75. The molecule has 0 radical (unpaired) electrons. The summed E-state index contributed by atoms with van der Waals surface area (Å²) in [7, 11) is 0. The second-order valence-electron chi connectivity index (χ2n) is 8.09. The van der Waals surface area contributed by atoms with E-state index in [1.165, 1.54) is 11.1 Å². The predicted octanol–water partition coefficient (Wildman–Crippen LogP) is 6.51. The largest absolute Gasteiger partial charge is 0.264 e. The summed E-state index contributed by atoms with van der Waals surface area (Å²) in [6.45, 7) is 21.3. The molecule has 31 heavy (non-hydrogen) atoms. The molecular formula is C30H35N. The maximum atomic E-state index is 4.40. The third-order valence-corrected chi connectivity index (χ3v) is 5.73. The summed E-state index contributed by atoms with van der Waals surface area (Å²) in [5, 5.41) is 1.84. The molecule has 1 nitrogen and oxygen atoms in total. The van der Waals surface area contributed by atoms with Crippen molar-refractivity contribution in [3.63, 3.8) is 0 Å². The molecule has 2 rings (SSSR count). The molecule has 1 aromatic rings. The van der Waals surface area contributed by atoms with Gasteiger partial charge >= 0.3 is 0 Å². The fourth-order valence-corrected chi connectivity index (χ4v) is 3.75. The molecular weight excluding hydrogens is 374 g/mol. The molecule has 1 aliphatic carbocycles. The summed E-state index contributed by atoms with van der Waals surface area (Å²) in [6, 6.07) is 8.09. The number of allylic oxidation sites excluding steroid dienone is 11. The van der Waals surface area contributed by atoms with Crippen LogP contribution in [0.25, 0.3) is 13.2 Å². The highest BCUT2D eigenvalue weighted by Gasteiger charge is 2.24. The highest BCUT2D eigenvalue weighted by Crippen LogP contribution is 2.36. The summed E-state index contributed by atoms with van der Waals surface area (Å²) < 4.78 is 0. The van der Waals surface area contributed by atoms with E-state index in [1.54, 1.807) is 6.20 Å². The lowest BCUT2D eigenvalue weighted by molar-refractivity contribution is 0.565. The first-order valence-electron chi connectivity index (χ1n) is 10.9. The lowest BCUT2D eigenvalue weighted by atomic mass is 9.76. The van der Waals surface area contributed by atoms with Gasteiger partial charge in [0.1, 0.15) is 0 Å². The van der Waals surface area contributed by atoms with E-state index in [-0.39, 0.29) is 11.8 Å². The summed E-state index contributed by atoms with van der Waals surface area (Å²) in [4.78, 5) is 4.40. The first-order valence-corrected chi connectivity index (χ1v) is 10.9. The van der Waals surface area contributed by atoms with E-state index >= 15 is 0 Å². The molecule has 0 spiro atoms. The second-order valence-corrected chi connectivity index (χ2v) is 8.09. The van der Waals surface area contributed by atoms with E-state index in [0.29, 0.717) is 5.92 Å². The van der Waals surface area contributed by atoms with Gasteiger partial charge in [0.05, 0.1) is 0 Å². The average molecular weight is 410 g/mol. The monoisotopic (exact) mass is 409 g/mol. The molecule has 160 valence electrons. The maximum Gasteiger partial charge on any atom is 0.0337 e. The number of nitrogens with zero attached hydrogens (tertiary/aromatic N) is 1. The Bertz CT molecular complexity index is 1090. The van der Waals surface area contributed by atoms with Crippen molar-refractivity contribution in [1.29, 1.82) is 0 Å². The minimum atomic E-state index is 0.186. The van der Waals surface area contributed by atoms with Crippen molar-refractivity contribution in [3.8, 4) is 0 Å². The van der Waals surface area contributed by atoms with Crippen LogP contribution in [-0.2, 0) is 0 Å². The zero-order chi connectivity index (χ0) is 22.8. The van der Waals surface area contributed by atoms with E-state index in [9.17, 15) is 0 Å². The van der Waals surface area contributed by atoms with Gasteiger partial charge in [0.15, 0.2) is 0 Å². The van der Waals surface area contributed by atoms with Gasteiger partial charge in [-0.3, -0.25) is 4.98 Å². The minimum absolute atomic E-state index is 0.186. The standard InChI is InChI=1S/C30H35N/c1-8-9-16-29-24(4)15-11-10-14-23(3)25(5)20-30(29)27(7)28-17-12-13-22(2)18-19-31-21-26(28)6/h8-21,24,27,30H,2-3,6H2,1,4-5,7H3/b9-8-,13-12?,14-10-,15-11-,19-18?,25-20?,28-17?,29-16-,31-21?. The molecule has 1 aliphatic rings. The molecule has 0 aliphatic heterocycles. The van der Waals surface area contributed by atoms with E-state index in [4.69, 9.17) is 0 Å². The Labute approximate surface area is 188 Å². The number of hydrogen-bond acceptors (Lipinski definition) is 1. The Morgan fingerprint density at radius 1 is 1.10 bits per heavy atom. The molecule has 1 heteroatoms. The van der Waals surface area contributed by atoms with Crippen molar-refractivity contribution >= 4 is 13.2 Å². The number of rotatable bonds is 3. The Hall–Kier alpha value is -3.19. The Morgan fingerprint density at radius 3 is 2.61 bits per heavy atom. The fraction of sp³-hybridized carbons (Fsp3) is 0.233. The van der Waals surface area contributed by atoms with Crippen LogP contribution in [0.5, 0.6) is 0 Å². The lowest BCUT2D eigenvalue weighted by Gasteiger charge is -2.28. The quantitative estimate of drug-likeness (QED) is 0.554. The van der Waals surface area contributed by atoms with Crippen molar-refractivity contribution in [1.82, 2.24) is 4.98 Å². The van der Waals surface area contributed by atoms with Crippen LogP contribution in [0.15, 0.2) is 109 Å². The van der Waals surface area contributed by atoms with Crippen molar-refractivity contribution < 1.29 is 0 Å². The normalized spacial score (nSPS) is 23.7. The van der Waals surface area contributed by atoms with Gasteiger partial charge < -0.3 is 0 Å². The molecule has 3 atom stereocenters. The van der Waals surface area contributed by atoms with Crippen LogP contribution < -0.4 is 10.4 Å². The maximum absolute atomic E-state index is 4.40. The van der Waals surface area contributed by atoms with Crippen molar-refractivity contribution in [2.24, 2.45) is 11.8 Å². The van der Waals surface area contributed by atoms with E-state index in [0.717, 1.165) is 21.6 Å². The zero-order valence-electron chi connectivity index (χ0n) is 19.4. The molecule has 1 heterocycles. The van der Waals surface area contributed by atoms with Crippen LogP contribution >= 0.6 is 0 Å². The van der Waals surface area contributed by atoms with E-state index in [1.807, 2.05) is 18.3 Å². The van der Waals surface area contributed by atoms with Crippen LogP contribution in [-0.4, -0.2) is 4.98 Å². The third kappa shape index (κ3) is 6.93. The van der Waals surface area contributed by atoms with Gasteiger partial charge in [-0.2, -0.15) is 0 Å². The Balaban J connectivity index is 2.76. The van der Waals surface area contributed by atoms with Gasteiger partial charge in [0.2, 0.25) is 0 Å². The van der Waals surface area contributed by atoms with Gasteiger partial charge in [-0.05, 0) is 58.9 Å². The lowest BCUT2D eigenvalue weighted by Crippen LogP contribution is -2.20. The molecule has 0 fully saturated rings. The summed E-state index contributed by atoms with van der Waals surface area (Å²) in [6.07, 6.45) is 20.9. The highest BCUT2D eigenvalue weighted by atomic mass is 14.6. The molecule has 0 N–H and O–H groups in total. The molecule has 0 amide bonds. The van der Waals surface area contributed by atoms with Gasteiger partial charge in [-0.15, -0.1) is 0 Å². The molecule has 3 unspecified atom stereocenters. The topological polar surface area (TPSA) is 12.9 Å². The molecule has 1 aromatic heterocycles. The van der Waals surface area contributed by atoms with Crippen LogP contribution in [0.2, 0.25) is 0 Å². The molecule has 0 aromatic carbocycles. The molecule has 0 bridgehead atoms. The third-order valence-electron chi connectivity index (χ3n) is 5.73. The second kappa shape index (κ2) is 11.9. The van der Waals surface area contributed by atoms with Crippen LogP contribution in [0, 0.1) is 11.8 Å². The van der Waals surface area contributed by atoms with Gasteiger partial charge in [0, 0.05) is 18.3 Å². The summed E-state index contributed by atoms with van der Waals surface area (Å²) in [5.74, 6) is 0.674. The van der Waals surface area contributed by atoms with Gasteiger partial charge in [-0.1, -0.05) is 106 Å². The Kier molecular flexibility index (Phi) is 9.21. The first kappa shape index (κ1) is 24.1.